The van der Waals surface area contributed by atoms with E-state index in [2.05, 4.69) is 11.8 Å². The summed E-state index contributed by atoms with van der Waals surface area (Å²) >= 11 is 0. The molecule has 94 valence electrons. The molecule has 1 aliphatic rings. The predicted molar refractivity (Wildman–Crippen MR) is 63.2 cm³/mol. The van der Waals surface area contributed by atoms with Crippen LogP contribution in [-0.2, 0) is 9.53 Å². The molecule has 0 aromatic rings. The molecule has 1 amide bonds. The normalized spacial score (nSPS) is 17.4. The van der Waals surface area contributed by atoms with Gasteiger partial charge in [-0.1, -0.05) is 6.92 Å². The summed E-state index contributed by atoms with van der Waals surface area (Å²) in [5, 5.41) is 0. The van der Waals surface area contributed by atoms with Crippen molar-refractivity contribution in [2.75, 3.05) is 52.5 Å². The number of amides is 1. The number of rotatable bonds is 6. The molecule has 0 aliphatic carbocycles. The van der Waals surface area contributed by atoms with Crippen LogP contribution in [0, 0.1) is 0 Å². The monoisotopic (exact) mass is 229 g/mol. The van der Waals surface area contributed by atoms with Crippen LogP contribution in [0.1, 0.15) is 13.3 Å². The van der Waals surface area contributed by atoms with Crippen LogP contribution in [0.4, 0.5) is 0 Å². The van der Waals surface area contributed by atoms with Crippen LogP contribution in [0.15, 0.2) is 0 Å². The summed E-state index contributed by atoms with van der Waals surface area (Å²) in [6, 6.07) is 0. The molecule has 0 spiro atoms. The highest BCUT2D eigenvalue weighted by Gasteiger charge is 2.14. The van der Waals surface area contributed by atoms with Gasteiger partial charge in [0, 0.05) is 32.7 Å². The molecule has 16 heavy (non-hydrogen) atoms. The van der Waals surface area contributed by atoms with Gasteiger partial charge in [0.1, 0.15) is 0 Å². The first-order valence-corrected chi connectivity index (χ1v) is 6.06. The summed E-state index contributed by atoms with van der Waals surface area (Å²) in [4.78, 5) is 15.7. The van der Waals surface area contributed by atoms with Crippen molar-refractivity contribution >= 4 is 5.91 Å². The van der Waals surface area contributed by atoms with Crippen molar-refractivity contribution in [3.8, 4) is 0 Å². The highest BCUT2D eigenvalue weighted by atomic mass is 16.5. The fourth-order valence-electron chi connectivity index (χ4n) is 1.85. The Hall–Kier alpha value is -0.650. The van der Waals surface area contributed by atoms with Crippen molar-refractivity contribution < 1.29 is 9.53 Å². The SMILES string of the molecule is CCCN(CCN1CCOCC1)C(=O)CN. The van der Waals surface area contributed by atoms with Gasteiger partial charge >= 0.3 is 0 Å². The molecule has 0 unspecified atom stereocenters. The molecule has 1 rings (SSSR count). The minimum absolute atomic E-state index is 0.0510. The summed E-state index contributed by atoms with van der Waals surface area (Å²) in [5.74, 6) is 0.0510. The summed E-state index contributed by atoms with van der Waals surface area (Å²) in [5.41, 5.74) is 5.39. The number of carbonyl (C=O) groups excluding carboxylic acids is 1. The van der Waals surface area contributed by atoms with Gasteiger partial charge in [-0.25, -0.2) is 0 Å². The van der Waals surface area contributed by atoms with Gasteiger partial charge in [0.25, 0.3) is 0 Å². The van der Waals surface area contributed by atoms with Crippen LogP contribution in [0.2, 0.25) is 0 Å². The summed E-state index contributed by atoms with van der Waals surface area (Å²) in [6.45, 7) is 8.25. The van der Waals surface area contributed by atoms with Gasteiger partial charge in [0.05, 0.1) is 19.8 Å². The lowest BCUT2D eigenvalue weighted by Crippen LogP contribution is -2.44. The highest BCUT2D eigenvalue weighted by Crippen LogP contribution is 1.98. The van der Waals surface area contributed by atoms with Crippen molar-refractivity contribution in [2.45, 2.75) is 13.3 Å². The molecular weight excluding hydrogens is 206 g/mol. The maximum atomic E-state index is 11.5. The van der Waals surface area contributed by atoms with E-state index in [1.807, 2.05) is 4.90 Å². The number of nitrogens with zero attached hydrogens (tertiary/aromatic N) is 2. The number of hydrogen-bond acceptors (Lipinski definition) is 4. The molecule has 0 radical (unpaired) electrons. The molecule has 5 nitrogen and oxygen atoms in total. The summed E-state index contributed by atoms with van der Waals surface area (Å²) in [7, 11) is 0. The van der Waals surface area contributed by atoms with Crippen LogP contribution >= 0.6 is 0 Å². The minimum Gasteiger partial charge on any atom is -0.379 e. The van der Waals surface area contributed by atoms with E-state index in [-0.39, 0.29) is 12.5 Å². The van der Waals surface area contributed by atoms with Crippen molar-refractivity contribution in [1.82, 2.24) is 9.80 Å². The van der Waals surface area contributed by atoms with Gasteiger partial charge in [-0.3, -0.25) is 9.69 Å². The van der Waals surface area contributed by atoms with Crippen molar-refractivity contribution in [2.24, 2.45) is 5.73 Å². The fourth-order valence-corrected chi connectivity index (χ4v) is 1.85. The standard InChI is InChI=1S/C11H23N3O2/c1-2-3-14(11(15)10-12)5-4-13-6-8-16-9-7-13/h2-10,12H2,1H3. The molecule has 1 fully saturated rings. The van der Waals surface area contributed by atoms with E-state index in [1.54, 1.807) is 0 Å². The molecule has 0 aromatic carbocycles. The minimum atomic E-state index is 0.0510. The second-order valence-corrected chi connectivity index (χ2v) is 4.04. The van der Waals surface area contributed by atoms with Crippen LogP contribution in [0.3, 0.4) is 0 Å². The molecule has 0 aromatic heterocycles. The Morgan fingerprint density at radius 1 is 1.38 bits per heavy atom. The molecule has 0 bridgehead atoms. The largest absolute Gasteiger partial charge is 0.379 e. The van der Waals surface area contributed by atoms with E-state index in [0.29, 0.717) is 0 Å². The number of hydrogen-bond donors (Lipinski definition) is 1. The van der Waals surface area contributed by atoms with Gasteiger partial charge < -0.3 is 15.4 Å². The first kappa shape index (κ1) is 13.4. The van der Waals surface area contributed by atoms with E-state index in [9.17, 15) is 4.79 Å². The highest BCUT2D eigenvalue weighted by molar-refractivity contribution is 5.77. The number of carbonyl (C=O) groups is 1. The Morgan fingerprint density at radius 2 is 2.06 bits per heavy atom. The van der Waals surface area contributed by atoms with Crippen LogP contribution in [-0.4, -0.2) is 68.2 Å². The second kappa shape index (κ2) is 7.60. The Balaban J connectivity index is 2.27. The molecule has 0 atom stereocenters. The maximum Gasteiger partial charge on any atom is 0.236 e. The van der Waals surface area contributed by atoms with Crippen molar-refractivity contribution in [3.05, 3.63) is 0 Å². The van der Waals surface area contributed by atoms with E-state index >= 15 is 0 Å². The smallest absolute Gasteiger partial charge is 0.236 e. The lowest BCUT2D eigenvalue weighted by Gasteiger charge is -2.29. The lowest BCUT2D eigenvalue weighted by atomic mass is 10.3. The summed E-state index contributed by atoms with van der Waals surface area (Å²) < 4.78 is 5.28. The van der Waals surface area contributed by atoms with E-state index in [4.69, 9.17) is 10.5 Å². The van der Waals surface area contributed by atoms with Crippen molar-refractivity contribution in [1.29, 1.82) is 0 Å². The molecule has 5 heteroatoms. The Morgan fingerprint density at radius 3 is 2.62 bits per heavy atom. The first-order chi connectivity index (χ1) is 7.77. The van der Waals surface area contributed by atoms with Crippen LogP contribution in [0.25, 0.3) is 0 Å². The van der Waals surface area contributed by atoms with Gasteiger partial charge in [-0.05, 0) is 6.42 Å². The average Bonchev–Trinajstić information content (AvgIpc) is 2.34. The number of nitrogens with two attached hydrogens (primary N) is 1. The van der Waals surface area contributed by atoms with Crippen molar-refractivity contribution in [3.63, 3.8) is 0 Å². The first-order valence-electron chi connectivity index (χ1n) is 6.06. The molecular formula is C11H23N3O2. The second-order valence-electron chi connectivity index (χ2n) is 4.04. The molecule has 1 heterocycles. The maximum absolute atomic E-state index is 11.5. The van der Waals surface area contributed by atoms with Crippen LogP contribution in [0.5, 0.6) is 0 Å². The average molecular weight is 229 g/mol. The fraction of sp³-hybridized carbons (Fsp3) is 0.909. The van der Waals surface area contributed by atoms with Gasteiger partial charge in [0.15, 0.2) is 0 Å². The quantitative estimate of drug-likeness (QED) is 0.668. The van der Waals surface area contributed by atoms with Gasteiger partial charge in [0.2, 0.25) is 5.91 Å². The third kappa shape index (κ3) is 4.47. The van der Waals surface area contributed by atoms with Crippen LogP contribution < -0.4 is 5.73 Å². The van der Waals surface area contributed by atoms with E-state index in [0.717, 1.165) is 52.4 Å². The number of morpholine rings is 1. The predicted octanol–water partition coefficient (Wildman–Crippen LogP) is -0.484. The zero-order valence-corrected chi connectivity index (χ0v) is 10.2. The van der Waals surface area contributed by atoms with Gasteiger partial charge in [-0.15, -0.1) is 0 Å². The third-order valence-electron chi connectivity index (χ3n) is 2.81. The zero-order valence-electron chi connectivity index (χ0n) is 10.2. The summed E-state index contributed by atoms with van der Waals surface area (Å²) in [6.07, 6.45) is 0.981. The lowest BCUT2D eigenvalue weighted by molar-refractivity contribution is -0.130. The Bertz CT molecular complexity index is 205. The van der Waals surface area contributed by atoms with Gasteiger partial charge in [-0.2, -0.15) is 0 Å². The number of ether oxygens (including phenoxy) is 1. The molecule has 1 aliphatic heterocycles. The Kier molecular flexibility index (Phi) is 6.37. The molecule has 1 saturated heterocycles. The molecule has 0 saturated carbocycles. The van der Waals surface area contributed by atoms with E-state index < -0.39 is 0 Å². The zero-order chi connectivity index (χ0) is 11.8. The third-order valence-corrected chi connectivity index (χ3v) is 2.81. The topological polar surface area (TPSA) is 58.8 Å². The molecule has 2 N–H and O–H groups in total. The Labute approximate surface area is 97.5 Å². The van der Waals surface area contributed by atoms with E-state index in [1.165, 1.54) is 0 Å².